The van der Waals surface area contributed by atoms with Crippen LogP contribution in [0.4, 0.5) is 0 Å². The Hall–Kier alpha value is -1.94. The summed E-state index contributed by atoms with van der Waals surface area (Å²) in [5.41, 5.74) is 1.29. The van der Waals surface area contributed by atoms with Gasteiger partial charge in [-0.05, 0) is 49.6 Å². The van der Waals surface area contributed by atoms with E-state index in [4.69, 9.17) is 13.9 Å². The molecule has 4 nitrogen and oxygen atoms in total. The van der Waals surface area contributed by atoms with Crippen molar-refractivity contribution in [1.82, 2.24) is 5.32 Å². The molecule has 2 aromatic rings. The Morgan fingerprint density at radius 3 is 2.90 bits per heavy atom. The molecule has 112 valence electrons. The molecule has 1 aromatic heterocycles. The van der Waals surface area contributed by atoms with Gasteiger partial charge < -0.3 is 19.2 Å². The smallest absolute Gasteiger partial charge is 0.231 e. The second-order valence-electron chi connectivity index (χ2n) is 5.41. The molecule has 0 fully saturated rings. The molecule has 4 heteroatoms. The van der Waals surface area contributed by atoms with E-state index in [1.165, 1.54) is 5.56 Å². The SMILES string of the molecule is CC(CCc1ccc2c(c1)OCO2)NCCc1ccco1. The predicted octanol–water partition coefficient (Wildman–Crippen LogP) is 3.16. The van der Waals surface area contributed by atoms with Gasteiger partial charge in [0, 0.05) is 19.0 Å². The van der Waals surface area contributed by atoms with Gasteiger partial charge in [-0.1, -0.05) is 6.07 Å². The van der Waals surface area contributed by atoms with Crippen molar-refractivity contribution < 1.29 is 13.9 Å². The third-order valence-corrected chi connectivity index (χ3v) is 3.75. The zero-order valence-electron chi connectivity index (χ0n) is 12.3. The molecule has 0 radical (unpaired) electrons. The summed E-state index contributed by atoms with van der Waals surface area (Å²) in [6.45, 7) is 3.49. The van der Waals surface area contributed by atoms with Crippen molar-refractivity contribution in [3.8, 4) is 11.5 Å². The average molecular weight is 287 g/mol. The molecular weight excluding hydrogens is 266 g/mol. The van der Waals surface area contributed by atoms with Crippen LogP contribution in [0.15, 0.2) is 41.0 Å². The molecule has 0 bridgehead atoms. The number of benzene rings is 1. The molecule has 1 aliphatic rings. The van der Waals surface area contributed by atoms with E-state index in [2.05, 4.69) is 24.4 Å². The fourth-order valence-corrected chi connectivity index (χ4v) is 2.48. The summed E-state index contributed by atoms with van der Waals surface area (Å²) in [6.07, 6.45) is 4.78. The maximum Gasteiger partial charge on any atom is 0.231 e. The third kappa shape index (κ3) is 3.79. The van der Waals surface area contributed by atoms with Crippen LogP contribution in [-0.2, 0) is 12.8 Å². The lowest BCUT2D eigenvalue weighted by atomic mass is 10.1. The summed E-state index contributed by atoms with van der Waals surface area (Å²) >= 11 is 0. The van der Waals surface area contributed by atoms with Crippen molar-refractivity contribution in [1.29, 1.82) is 0 Å². The average Bonchev–Trinajstić information content (AvgIpc) is 3.15. The predicted molar refractivity (Wildman–Crippen MR) is 80.8 cm³/mol. The van der Waals surface area contributed by atoms with E-state index in [0.29, 0.717) is 12.8 Å². The van der Waals surface area contributed by atoms with Crippen molar-refractivity contribution in [2.45, 2.75) is 32.2 Å². The quantitative estimate of drug-likeness (QED) is 0.849. The van der Waals surface area contributed by atoms with Gasteiger partial charge in [-0.2, -0.15) is 0 Å². The number of furan rings is 1. The van der Waals surface area contributed by atoms with Crippen LogP contribution in [0.25, 0.3) is 0 Å². The van der Waals surface area contributed by atoms with Gasteiger partial charge in [0.05, 0.1) is 6.26 Å². The molecule has 0 spiro atoms. The second-order valence-corrected chi connectivity index (χ2v) is 5.41. The summed E-state index contributed by atoms with van der Waals surface area (Å²) in [7, 11) is 0. The molecule has 21 heavy (non-hydrogen) atoms. The molecular formula is C17H21NO3. The van der Waals surface area contributed by atoms with Gasteiger partial charge in [-0.3, -0.25) is 0 Å². The topological polar surface area (TPSA) is 43.6 Å². The van der Waals surface area contributed by atoms with Gasteiger partial charge in [-0.15, -0.1) is 0 Å². The molecule has 2 heterocycles. The lowest BCUT2D eigenvalue weighted by Crippen LogP contribution is -2.28. The number of hydrogen-bond acceptors (Lipinski definition) is 4. The highest BCUT2D eigenvalue weighted by atomic mass is 16.7. The number of nitrogens with one attached hydrogen (secondary N) is 1. The lowest BCUT2D eigenvalue weighted by Gasteiger charge is -2.13. The second kappa shape index (κ2) is 6.68. The van der Waals surface area contributed by atoms with Gasteiger partial charge in [0.25, 0.3) is 0 Å². The molecule has 3 rings (SSSR count). The molecule has 1 aliphatic heterocycles. The van der Waals surface area contributed by atoms with E-state index in [0.717, 1.165) is 43.1 Å². The minimum absolute atomic E-state index is 0.337. The Morgan fingerprint density at radius 2 is 2.05 bits per heavy atom. The maximum atomic E-state index is 5.40. The van der Waals surface area contributed by atoms with Gasteiger partial charge in [0.1, 0.15) is 5.76 Å². The third-order valence-electron chi connectivity index (χ3n) is 3.75. The highest BCUT2D eigenvalue weighted by Gasteiger charge is 2.13. The molecule has 0 saturated heterocycles. The Bertz CT molecular complexity index is 565. The summed E-state index contributed by atoms with van der Waals surface area (Å²) in [6, 6.07) is 10.6. The van der Waals surface area contributed by atoms with Crippen molar-refractivity contribution in [2.24, 2.45) is 0 Å². The molecule has 0 saturated carbocycles. The van der Waals surface area contributed by atoms with E-state index in [1.54, 1.807) is 6.26 Å². The fourth-order valence-electron chi connectivity index (χ4n) is 2.48. The fraction of sp³-hybridized carbons (Fsp3) is 0.412. The minimum Gasteiger partial charge on any atom is -0.469 e. The van der Waals surface area contributed by atoms with Crippen LogP contribution < -0.4 is 14.8 Å². The standard InChI is InChI=1S/C17H21NO3/c1-13(18-9-8-15-3-2-10-19-15)4-5-14-6-7-16-17(11-14)21-12-20-16/h2-3,6-7,10-11,13,18H,4-5,8-9,12H2,1H3. The van der Waals surface area contributed by atoms with Crippen LogP contribution >= 0.6 is 0 Å². The summed E-state index contributed by atoms with van der Waals surface area (Å²) in [5, 5.41) is 3.53. The Labute approximate surface area is 125 Å². The zero-order chi connectivity index (χ0) is 14.5. The summed E-state index contributed by atoms with van der Waals surface area (Å²) in [4.78, 5) is 0. The van der Waals surface area contributed by atoms with Gasteiger partial charge in [0.2, 0.25) is 6.79 Å². The molecule has 0 aliphatic carbocycles. The number of fused-ring (bicyclic) bond motifs is 1. The van der Waals surface area contributed by atoms with Gasteiger partial charge >= 0.3 is 0 Å². The number of ether oxygens (including phenoxy) is 2. The Morgan fingerprint density at radius 1 is 1.14 bits per heavy atom. The van der Waals surface area contributed by atoms with E-state index >= 15 is 0 Å². The van der Waals surface area contributed by atoms with Crippen LogP contribution in [0, 0.1) is 0 Å². The first-order valence-corrected chi connectivity index (χ1v) is 7.45. The largest absolute Gasteiger partial charge is 0.469 e. The van der Waals surface area contributed by atoms with Crippen LogP contribution in [-0.4, -0.2) is 19.4 Å². The monoisotopic (exact) mass is 287 g/mol. The lowest BCUT2D eigenvalue weighted by molar-refractivity contribution is 0.174. The number of aryl methyl sites for hydroxylation is 1. The van der Waals surface area contributed by atoms with Gasteiger partial charge in [0.15, 0.2) is 11.5 Å². The number of rotatable bonds is 7. The highest BCUT2D eigenvalue weighted by molar-refractivity contribution is 5.44. The molecule has 1 N–H and O–H groups in total. The minimum atomic E-state index is 0.337. The Kier molecular flexibility index (Phi) is 4.46. The van der Waals surface area contributed by atoms with Crippen LogP contribution in [0.1, 0.15) is 24.7 Å². The van der Waals surface area contributed by atoms with E-state index in [1.807, 2.05) is 18.2 Å². The molecule has 1 aromatic carbocycles. The van der Waals surface area contributed by atoms with Crippen molar-refractivity contribution >= 4 is 0 Å². The first kappa shape index (κ1) is 14.0. The van der Waals surface area contributed by atoms with E-state index < -0.39 is 0 Å². The van der Waals surface area contributed by atoms with Crippen molar-refractivity contribution in [3.05, 3.63) is 47.9 Å². The highest BCUT2D eigenvalue weighted by Crippen LogP contribution is 2.32. The number of hydrogen-bond donors (Lipinski definition) is 1. The van der Waals surface area contributed by atoms with E-state index in [-0.39, 0.29) is 0 Å². The first-order valence-electron chi connectivity index (χ1n) is 7.45. The first-order chi connectivity index (χ1) is 10.3. The van der Waals surface area contributed by atoms with Crippen LogP contribution in [0.5, 0.6) is 11.5 Å². The maximum absolute atomic E-state index is 5.40. The van der Waals surface area contributed by atoms with Gasteiger partial charge in [-0.25, -0.2) is 0 Å². The molecule has 1 atom stereocenters. The molecule has 0 amide bonds. The molecule has 1 unspecified atom stereocenters. The zero-order valence-corrected chi connectivity index (χ0v) is 12.3. The summed E-state index contributed by atoms with van der Waals surface area (Å²) in [5.74, 6) is 2.75. The van der Waals surface area contributed by atoms with Crippen molar-refractivity contribution in [3.63, 3.8) is 0 Å². The van der Waals surface area contributed by atoms with E-state index in [9.17, 15) is 0 Å². The Balaban J connectivity index is 1.40. The van der Waals surface area contributed by atoms with Crippen LogP contribution in [0.3, 0.4) is 0 Å². The normalized spacial score (nSPS) is 14.3. The van der Waals surface area contributed by atoms with Crippen molar-refractivity contribution in [2.75, 3.05) is 13.3 Å². The van der Waals surface area contributed by atoms with Crippen LogP contribution in [0.2, 0.25) is 0 Å². The summed E-state index contributed by atoms with van der Waals surface area (Å²) < 4.78 is 16.0.